The van der Waals surface area contributed by atoms with Crippen molar-refractivity contribution in [1.82, 2.24) is 20.4 Å². The summed E-state index contributed by atoms with van der Waals surface area (Å²) in [6, 6.07) is 6.17. The Bertz CT molecular complexity index is 623. The van der Waals surface area contributed by atoms with Gasteiger partial charge in [-0.2, -0.15) is 13.8 Å². The van der Waals surface area contributed by atoms with E-state index in [0.717, 1.165) is 19.6 Å². The van der Waals surface area contributed by atoms with Crippen LogP contribution in [-0.4, -0.2) is 48.3 Å². The number of ether oxygens (including phenoxy) is 1. The SMILES string of the molecule is CN1CCNCC1c1noc(-c2ccc(OC(F)F)cc2)n1.Cl. The van der Waals surface area contributed by atoms with Gasteiger partial charge in [-0.3, -0.25) is 4.90 Å². The molecule has 6 nitrogen and oxygen atoms in total. The first-order valence-electron chi connectivity index (χ1n) is 6.93. The molecule has 1 atom stereocenters. The van der Waals surface area contributed by atoms with Crippen LogP contribution in [0, 0.1) is 0 Å². The fraction of sp³-hybridized carbons (Fsp3) is 0.429. The summed E-state index contributed by atoms with van der Waals surface area (Å²) in [6.07, 6.45) is 0. The van der Waals surface area contributed by atoms with Gasteiger partial charge in [0.15, 0.2) is 5.82 Å². The third kappa shape index (κ3) is 4.15. The van der Waals surface area contributed by atoms with Crippen LogP contribution in [0.15, 0.2) is 28.8 Å². The lowest BCUT2D eigenvalue weighted by Crippen LogP contribution is -2.44. The molecule has 1 fully saturated rings. The van der Waals surface area contributed by atoms with Gasteiger partial charge in [-0.25, -0.2) is 0 Å². The van der Waals surface area contributed by atoms with E-state index in [1.54, 1.807) is 12.1 Å². The maximum atomic E-state index is 12.1. The van der Waals surface area contributed by atoms with Crippen LogP contribution in [0.4, 0.5) is 8.78 Å². The fourth-order valence-electron chi connectivity index (χ4n) is 2.36. The molecule has 0 radical (unpaired) electrons. The molecule has 3 rings (SSSR count). The first-order chi connectivity index (χ1) is 10.6. The van der Waals surface area contributed by atoms with Gasteiger partial charge in [-0.15, -0.1) is 12.4 Å². The van der Waals surface area contributed by atoms with Crippen molar-refractivity contribution in [3.63, 3.8) is 0 Å². The van der Waals surface area contributed by atoms with Gasteiger partial charge in [0.1, 0.15) is 5.75 Å². The van der Waals surface area contributed by atoms with Crippen LogP contribution >= 0.6 is 12.4 Å². The van der Waals surface area contributed by atoms with E-state index in [-0.39, 0.29) is 24.2 Å². The Kier molecular flexibility index (Phi) is 5.86. The van der Waals surface area contributed by atoms with Gasteiger partial charge in [-0.1, -0.05) is 5.16 Å². The number of likely N-dealkylation sites (N-methyl/N-ethyl adjacent to an activating group) is 1. The Morgan fingerprint density at radius 2 is 2.09 bits per heavy atom. The van der Waals surface area contributed by atoms with Gasteiger partial charge < -0.3 is 14.6 Å². The van der Waals surface area contributed by atoms with Crippen molar-refractivity contribution in [1.29, 1.82) is 0 Å². The number of hydrogen-bond donors (Lipinski definition) is 1. The van der Waals surface area contributed by atoms with Crippen molar-refractivity contribution in [2.75, 3.05) is 26.7 Å². The quantitative estimate of drug-likeness (QED) is 0.916. The summed E-state index contributed by atoms with van der Waals surface area (Å²) < 4.78 is 33.8. The molecule has 1 aromatic heterocycles. The zero-order valence-electron chi connectivity index (χ0n) is 12.4. The van der Waals surface area contributed by atoms with Gasteiger partial charge >= 0.3 is 6.61 Å². The molecule has 126 valence electrons. The van der Waals surface area contributed by atoms with Gasteiger partial charge in [0, 0.05) is 25.2 Å². The molecule has 0 amide bonds. The number of rotatable bonds is 4. The highest BCUT2D eigenvalue weighted by Gasteiger charge is 2.25. The zero-order chi connectivity index (χ0) is 15.5. The standard InChI is InChI=1S/C14H16F2N4O2.ClH/c1-20-7-6-17-8-11(20)12-18-13(22-19-12)9-2-4-10(5-3-9)21-14(15)16;/h2-5,11,14,17H,6-8H2,1H3;1H. The molecule has 1 aliphatic heterocycles. The van der Waals surface area contributed by atoms with Crippen LogP contribution in [0.5, 0.6) is 5.75 Å². The summed E-state index contributed by atoms with van der Waals surface area (Å²) in [7, 11) is 2.01. The van der Waals surface area contributed by atoms with E-state index >= 15 is 0 Å². The molecule has 0 aliphatic carbocycles. The Labute approximate surface area is 138 Å². The van der Waals surface area contributed by atoms with Crippen molar-refractivity contribution >= 4 is 12.4 Å². The maximum absolute atomic E-state index is 12.1. The van der Waals surface area contributed by atoms with E-state index in [1.165, 1.54) is 12.1 Å². The van der Waals surface area contributed by atoms with Crippen molar-refractivity contribution in [2.24, 2.45) is 0 Å². The van der Waals surface area contributed by atoms with E-state index < -0.39 is 6.61 Å². The van der Waals surface area contributed by atoms with Gasteiger partial charge in [-0.05, 0) is 31.3 Å². The normalized spacial score (nSPS) is 18.7. The Hall–Kier alpha value is -1.77. The van der Waals surface area contributed by atoms with Gasteiger partial charge in [0.2, 0.25) is 0 Å². The van der Waals surface area contributed by atoms with E-state index in [0.29, 0.717) is 17.3 Å². The number of nitrogens with zero attached hydrogens (tertiary/aromatic N) is 3. The van der Waals surface area contributed by atoms with Crippen LogP contribution in [-0.2, 0) is 0 Å². The van der Waals surface area contributed by atoms with Crippen LogP contribution < -0.4 is 10.1 Å². The average Bonchev–Trinajstić information content (AvgIpc) is 2.97. The molecule has 9 heteroatoms. The van der Waals surface area contributed by atoms with Crippen LogP contribution in [0.25, 0.3) is 11.5 Å². The zero-order valence-corrected chi connectivity index (χ0v) is 13.2. The molecule has 1 N–H and O–H groups in total. The second kappa shape index (κ2) is 7.67. The van der Waals surface area contributed by atoms with E-state index in [1.807, 2.05) is 7.05 Å². The molecular weight excluding hydrogens is 330 g/mol. The lowest BCUT2D eigenvalue weighted by atomic mass is 10.2. The van der Waals surface area contributed by atoms with Crippen molar-refractivity contribution in [3.8, 4) is 17.2 Å². The van der Waals surface area contributed by atoms with Crippen molar-refractivity contribution < 1.29 is 18.0 Å². The number of alkyl halides is 2. The summed E-state index contributed by atoms with van der Waals surface area (Å²) in [5, 5.41) is 7.31. The van der Waals surface area contributed by atoms with Crippen molar-refractivity contribution in [2.45, 2.75) is 12.7 Å². The predicted octanol–water partition coefficient (Wildman–Crippen LogP) is 2.34. The summed E-state index contributed by atoms with van der Waals surface area (Å²) in [4.78, 5) is 6.55. The summed E-state index contributed by atoms with van der Waals surface area (Å²) in [5.41, 5.74) is 0.659. The number of halogens is 3. The molecule has 1 unspecified atom stereocenters. The van der Waals surface area contributed by atoms with Crippen LogP contribution in [0.2, 0.25) is 0 Å². The lowest BCUT2D eigenvalue weighted by molar-refractivity contribution is -0.0498. The monoisotopic (exact) mass is 346 g/mol. The van der Waals surface area contributed by atoms with Crippen LogP contribution in [0.3, 0.4) is 0 Å². The lowest BCUT2D eigenvalue weighted by Gasteiger charge is -2.30. The molecule has 0 bridgehead atoms. The third-order valence-electron chi connectivity index (χ3n) is 3.58. The minimum Gasteiger partial charge on any atom is -0.435 e. The highest BCUT2D eigenvalue weighted by atomic mass is 35.5. The molecular formula is C14H17ClF2N4O2. The molecule has 1 aliphatic rings. The topological polar surface area (TPSA) is 63.4 Å². The van der Waals surface area contributed by atoms with E-state index in [2.05, 4.69) is 25.1 Å². The fourth-order valence-corrected chi connectivity index (χ4v) is 2.36. The number of piperazine rings is 1. The summed E-state index contributed by atoms with van der Waals surface area (Å²) in [5.74, 6) is 1.06. The second-order valence-corrected chi connectivity index (χ2v) is 5.06. The largest absolute Gasteiger partial charge is 0.435 e. The smallest absolute Gasteiger partial charge is 0.387 e. The number of nitrogens with one attached hydrogen (secondary N) is 1. The first-order valence-corrected chi connectivity index (χ1v) is 6.93. The Morgan fingerprint density at radius 3 is 2.74 bits per heavy atom. The summed E-state index contributed by atoms with van der Waals surface area (Å²) in [6.45, 7) is -0.232. The molecule has 1 saturated heterocycles. The van der Waals surface area contributed by atoms with E-state index in [9.17, 15) is 8.78 Å². The number of hydrogen-bond acceptors (Lipinski definition) is 6. The summed E-state index contributed by atoms with van der Waals surface area (Å²) >= 11 is 0. The van der Waals surface area contributed by atoms with E-state index in [4.69, 9.17) is 4.52 Å². The Morgan fingerprint density at radius 1 is 1.35 bits per heavy atom. The molecule has 23 heavy (non-hydrogen) atoms. The molecule has 0 spiro atoms. The van der Waals surface area contributed by atoms with Gasteiger partial charge in [0.05, 0.1) is 6.04 Å². The maximum Gasteiger partial charge on any atom is 0.387 e. The average molecular weight is 347 g/mol. The predicted molar refractivity (Wildman–Crippen MR) is 81.9 cm³/mol. The second-order valence-electron chi connectivity index (χ2n) is 5.06. The van der Waals surface area contributed by atoms with Crippen LogP contribution in [0.1, 0.15) is 11.9 Å². The van der Waals surface area contributed by atoms with Crippen molar-refractivity contribution in [3.05, 3.63) is 30.1 Å². The van der Waals surface area contributed by atoms with Gasteiger partial charge in [0.25, 0.3) is 5.89 Å². The highest BCUT2D eigenvalue weighted by molar-refractivity contribution is 5.85. The number of aromatic nitrogens is 2. The molecule has 0 saturated carbocycles. The molecule has 1 aromatic carbocycles. The number of benzene rings is 1. The minimum atomic E-state index is -2.84. The highest BCUT2D eigenvalue weighted by Crippen LogP contribution is 2.24. The third-order valence-corrected chi connectivity index (χ3v) is 3.58. The molecule has 2 heterocycles. The Balaban J connectivity index is 0.00000192. The minimum absolute atomic E-state index is 0. The molecule has 2 aromatic rings. The first kappa shape index (κ1) is 17.6.